The Kier molecular flexibility index (Phi) is 7.83. The molecule has 0 aromatic heterocycles. The van der Waals surface area contributed by atoms with Crippen molar-refractivity contribution in [3.8, 4) is 11.5 Å². The molecule has 0 heterocycles. The summed E-state index contributed by atoms with van der Waals surface area (Å²) in [5.74, 6) is 0.976. The number of hydrogen-bond acceptors (Lipinski definition) is 3. The summed E-state index contributed by atoms with van der Waals surface area (Å²) in [5, 5.41) is 9.53. The van der Waals surface area contributed by atoms with Gasteiger partial charge in [-0.2, -0.15) is 0 Å². The molecule has 0 aliphatic heterocycles. The van der Waals surface area contributed by atoms with Gasteiger partial charge in [-0.15, -0.1) is 0 Å². The van der Waals surface area contributed by atoms with Crippen molar-refractivity contribution in [2.45, 2.75) is 22.8 Å². The van der Waals surface area contributed by atoms with Gasteiger partial charge < -0.3 is 14.7 Å². The van der Waals surface area contributed by atoms with Crippen molar-refractivity contribution in [3.05, 3.63) is 120 Å². The van der Waals surface area contributed by atoms with Crippen molar-refractivity contribution in [2.24, 2.45) is 0 Å². The van der Waals surface area contributed by atoms with Crippen molar-refractivity contribution < 1.29 is 19.0 Å². The zero-order valence-corrected chi connectivity index (χ0v) is 19.2. The summed E-state index contributed by atoms with van der Waals surface area (Å²) in [7, 11) is 0. The molecule has 0 spiro atoms. The van der Waals surface area contributed by atoms with Crippen molar-refractivity contribution in [1.82, 2.24) is 4.90 Å². The van der Waals surface area contributed by atoms with E-state index < -0.39 is 6.09 Å². The van der Waals surface area contributed by atoms with Gasteiger partial charge in [-0.3, -0.25) is 0 Å². The number of hydrogen-bond donors (Lipinski definition) is 1. The minimum atomic E-state index is -0.914. The van der Waals surface area contributed by atoms with Gasteiger partial charge in [0, 0.05) is 22.9 Å². The van der Waals surface area contributed by atoms with E-state index in [-0.39, 0.29) is 5.82 Å². The Bertz CT molecular complexity index is 1200. The highest BCUT2D eigenvalue weighted by Gasteiger charge is 2.12. The molecule has 0 bridgehead atoms. The predicted octanol–water partition coefficient (Wildman–Crippen LogP) is 7.49. The Morgan fingerprint density at radius 2 is 1.32 bits per heavy atom. The number of carboxylic acid groups (broad SMARTS) is 1. The first-order chi connectivity index (χ1) is 16.5. The first-order valence-electron chi connectivity index (χ1n) is 10.9. The quantitative estimate of drug-likeness (QED) is 0.274. The van der Waals surface area contributed by atoms with Gasteiger partial charge in [0.25, 0.3) is 0 Å². The van der Waals surface area contributed by atoms with Crippen LogP contribution in [-0.2, 0) is 13.0 Å². The molecule has 6 heteroatoms. The van der Waals surface area contributed by atoms with E-state index >= 15 is 0 Å². The molecule has 4 aromatic rings. The lowest BCUT2D eigenvalue weighted by Gasteiger charge is -2.19. The largest absolute Gasteiger partial charge is 0.465 e. The van der Waals surface area contributed by atoms with E-state index in [4.69, 9.17) is 4.74 Å². The van der Waals surface area contributed by atoms with Crippen LogP contribution in [0.4, 0.5) is 9.18 Å². The molecule has 0 radical (unpaired) electrons. The van der Waals surface area contributed by atoms with Crippen LogP contribution in [0.3, 0.4) is 0 Å². The third-order valence-corrected chi connectivity index (χ3v) is 6.21. The Morgan fingerprint density at radius 1 is 0.765 bits per heavy atom. The maximum Gasteiger partial charge on any atom is 0.407 e. The van der Waals surface area contributed by atoms with Crippen LogP contribution in [-0.4, -0.2) is 22.6 Å². The van der Waals surface area contributed by atoms with E-state index in [1.54, 1.807) is 23.9 Å². The van der Waals surface area contributed by atoms with Gasteiger partial charge in [0.15, 0.2) is 0 Å². The summed E-state index contributed by atoms with van der Waals surface area (Å²) >= 11 is 1.63. The number of halogens is 1. The topological polar surface area (TPSA) is 49.8 Å². The van der Waals surface area contributed by atoms with Crippen molar-refractivity contribution in [2.75, 3.05) is 6.54 Å². The van der Waals surface area contributed by atoms with Gasteiger partial charge in [0.2, 0.25) is 0 Å². The molecule has 4 aromatic carbocycles. The number of amides is 1. The summed E-state index contributed by atoms with van der Waals surface area (Å²) in [6.07, 6.45) is -0.262. The third-order valence-electron chi connectivity index (χ3n) is 5.19. The molecule has 0 saturated heterocycles. The molecular weight excluding hydrogens is 449 g/mol. The third kappa shape index (κ3) is 6.86. The molecule has 1 N–H and O–H groups in total. The van der Waals surface area contributed by atoms with Gasteiger partial charge in [-0.05, 0) is 78.2 Å². The van der Waals surface area contributed by atoms with Gasteiger partial charge in [0.05, 0.1) is 0 Å². The molecule has 0 atom stereocenters. The van der Waals surface area contributed by atoms with E-state index in [1.165, 1.54) is 17.0 Å². The van der Waals surface area contributed by atoms with E-state index in [0.717, 1.165) is 20.9 Å². The van der Waals surface area contributed by atoms with Crippen LogP contribution >= 0.6 is 11.8 Å². The van der Waals surface area contributed by atoms with Gasteiger partial charge in [-0.25, -0.2) is 9.18 Å². The van der Waals surface area contributed by atoms with Crippen molar-refractivity contribution in [1.29, 1.82) is 0 Å². The molecule has 0 unspecified atom stereocenters. The van der Waals surface area contributed by atoms with E-state index in [9.17, 15) is 14.3 Å². The second-order valence-electron chi connectivity index (χ2n) is 7.71. The Labute approximate surface area is 202 Å². The average Bonchev–Trinajstić information content (AvgIpc) is 2.86. The molecular formula is C28H24FNO3S. The SMILES string of the molecule is O=C(O)N(CCc1ccc(Sc2ccc(Oc3ccc(F)cc3)cc2)cc1)Cc1ccccc1. The van der Waals surface area contributed by atoms with E-state index in [2.05, 4.69) is 0 Å². The summed E-state index contributed by atoms with van der Waals surface area (Å²) in [6, 6.07) is 31.4. The summed E-state index contributed by atoms with van der Waals surface area (Å²) in [4.78, 5) is 15.2. The lowest BCUT2D eigenvalue weighted by molar-refractivity contribution is 0.143. The summed E-state index contributed by atoms with van der Waals surface area (Å²) in [6.45, 7) is 0.817. The normalized spacial score (nSPS) is 10.6. The molecule has 34 heavy (non-hydrogen) atoms. The highest BCUT2D eigenvalue weighted by Crippen LogP contribution is 2.30. The van der Waals surface area contributed by atoms with Crippen molar-refractivity contribution in [3.63, 3.8) is 0 Å². The number of carbonyl (C=O) groups is 1. The standard InChI is InChI=1S/C28H24FNO3S/c29-23-8-10-24(11-9-23)33-25-12-16-27(17-13-25)34-26-14-6-21(7-15-26)18-19-30(28(31)32)20-22-4-2-1-3-5-22/h1-17H,18-20H2,(H,31,32). The van der Waals surface area contributed by atoms with Crippen LogP contribution in [0.25, 0.3) is 0 Å². The van der Waals surface area contributed by atoms with Crippen LogP contribution in [0, 0.1) is 5.82 Å². The first kappa shape index (κ1) is 23.4. The monoisotopic (exact) mass is 473 g/mol. The molecule has 1 amide bonds. The second kappa shape index (κ2) is 11.4. The van der Waals surface area contributed by atoms with Crippen LogP contribution in [0.15, 0.2) is 113 Å². The predicted molar refractivity (Wildman–Crippen MR) is 132 cm³/mol. The van der Waals surface area contributed by atoms with Crippen LogP contribution in [0.2, 0.25) is 0 Å². The number of benzene rings is 4. The minimum absolute atomic E-state index is 0.295. The lowest BCUT2D eigenvalue weighted by Crippen LogP contribution is -2.30. The Balaban J connectivity index is 1.30. The van der Waals surface area contributed by atoms with Crippen LogP contribution in [0.1, 0.15) is 11.1 Å². The van der Waals surface area contributed by atoms with Gasteiger partial charge in [-0.1, -0.05) is 54.2 Å². The first-order valence-corrected chi connectivity index (χ1v) is 11.7. The van der Waals surface area contributed by atoms with Gasteiger partial charge in [0.1, 0.15) is 17.3 Å². The highest BCUT2D eigenvalue weighted by molar-refractivity contribution is 7.99. The average molecular weight is 474 g/mol. The summed E-state index contributed by atoms with van der Waals surface area (Å²) < 4.78 is 18.8. The fraction of sp³-hybridized carbons (Fsp3) is 0.107. The molecule has 4 rings (SSSR count). The number of rotatable bonds is 9. The fourth-order valence-corrected chi connectivity index (χ4v) is 4.20. The fourth-order valence-electron chi connectivity index (χ4n) is 3.38. The molecule has 172 valence electrons. The Hall–Kier alpha value is -3.77. The lowest BCUT2D eigenvalue weighted by atomic mass is 10.1. The van der Waals surface area contributed by atoms with Gasteiger partial charge >= 0.3 is 6.09 Å². The summed E-state index contributed by atoms with van der Waals surface area (Å²) in [5.41, 5.74) is 2.07. The molecule has 0 aliphatic carbocycles. The smallest absolute Gasteiger partial charge is 0.407 e. The van der Waals surface area contributed by atoms with Crippen LogP contribution in [0.5, 0.6) is 11.5 Å². The molecule has 0 saturated carbocycles. The zero-order chi connectivity index (χ0) is 23.8. The van der Waals surface area contributed by atoms with Crippen LogP contribution < -0.4 is 4.74 Å². The maximum absolute atomic E-state index is 13.0. The second-order valence-corrected chi connectivity index (χ2v) is 8.86. The number of nitrogens with zero attached hydrogens (tertiary/aromatic N) is 1. The van der Waals surface area contributed by atoms with E-state index in [0.29, 0.717) is 31.0 Å². The molecule has 0 fully saturated rings. The zero-order valence-electron chi connectivity index (χ0n) is 18.4. The highest BCUT2D eigenvalue weighted by atomic mass is 32.2. The Morgan fingerprint density at radius 3 is 1.91 bits per heavy atom. The van der Waals surface area contributed by atoms with E-state index in [1.807, 2.05) is 78.9 Å². The van der Waals surface area contributed by atoms with Crippen molar-refractivity contribution >= 4 is 17.9 Å². The minimum Gasteiger partial charge on any atom is -0.465 e. The molecule has 0 aliphatic rings. The molecule has 4 nitrogen and oxygen atoms in total. The maximum atomic E-state index is 13.0. The number of ether oxygens (including phenoxy) is 1.